The van der Waals surface area contributed by atoms with Crippen molar-refractivity contribution in [3.8, 4) is 0 Å². The molecule has 0 fully saturated rings. The van der Waals surface area contributed by atoms with Crippen molar-refractivity contribution in [2.75, 3.05) is 18.2 Å². The lowest BCUT2D eigenvalue weighted by Crippen LogP contribution is -2.20. The molecule has 0 spiro atoms. The fourth-order valence-electron chi connectivity index (χ4n) is 2.42. The fourth-order valence-corrected chi connectivity index (χ4v) is 3.29. The number of nitrogens with one attached hydrogen (secondary N) is 1. The topological polar surface area (TPSA) is 81.4 Å². The van der Waals surface area contributed by atoms with Gasteiger partial charge in [-0.3, -0.25) is 9.59 Å². The zero-order chi connectivity index (χ0) is 18.8. The van der Waals surface area contributed by atoms with E-state index >= 15 is 0 Å². The highest BCUT2D eigenvalue weighted by atomic mass is 32.2. The molecular weight excluding hydrogens is 348 g/mol. The number of hydrogen-bond acceptors (Lipinski definition) is 5. The Hall–Kier alpha value is -2.31. The summed E-state index contributed by atoms with van der Waals surface area (Å²) in [5.41, 5.74) is 8.88. The molecule has 138 valence electrons. The predicted octanol–water partition coefficient (Wildman–Crippen LogP) is 3.51. The summed E-state index contributed by atoms with van der Waals surface area (Å²) in [6, 6.07) is 17.0. The summed E-state index contributed by atoms with van der Waals surface area (Å²) in [4.78, 5) is 23.3. The Morgan fingerprint density at radius 2 is 1.92 bits per heavy atom. The summed E-state index contributed by atoms with van der Waals surface area (Å²) in [5.74, 6) is 1.16. The Balaban J connectivity index is 1.81. The molecule has 0 radical (unpaired) electrons. The van der Waals surface area contributed by atoms with Crippen LogP contribution in [-0.2, 0) is 20.1 Å². The molecule has 0 aliphatic heterocycles. The second-order valence-electron chi connectivity index (χ2n) is 5.85. The third kappa shape index (κ3) is 6.90. The number of carbonyl (C=O) groups is 2. The average Bonchev–Trinajstić information content (AvgIpc) is 2.66. The van der Waals surface area contributed by atoms with Crippen LogP contribution in [0.3, 0.4) is 0 Å². The molecule has 2 aromatic carbocycles. The first-order valence-electron chi connectivity index (χ1n) is 8.42. The number of esters is 1. The maximum Gasteiger partial charge on any atom is 0.306 e. The van der Waals surface area contributed by atoms with E-state index in [1.165, 1.54) is 7.11 Å². The standard InChI is InChI=1S/C20H24N2O3S/c1-25-20(24)10-11-26-14-15-6-5-9-17(12-15)22-19(23)13-18(21)16-7-3-2-4-8-16/h2-9,12,18H,10-11,13-14,21H2,1H3,(H,22,23). The van der Waals surface area contributed by atoms with Gasteiger partial charge in [-0.1, -0.05) is 42.5 Å². The highest BCUT2D eigenvalue weighted by Gasteiger charge is 2.11. The molecule has 2 rings (SSSR count). The minimum absolute atomic E-state index is 0.114. The van der Waals surface area contributed by atoms with E-state index in [9.17, 15) is 9.59 Å². The molecule has 1 unspecified atom stereocenters. The summed E-state index contributed by atoms with van der Waals surface area (Å²) in [5, 5.41) is 2.90. The van der Waals surface area contributed by atoms with Crippen LogP contribution in [0.4, 0.5) is 5.69 Å². The zero-order valence-electron chi connectivity index (χ0n) is 14.8. The van der Waals surface area contributed by atoms with Crippen LogP contribution >= 0.6 is 11.8 Å². The van der Waals surface area contributed by atoms with Gasteiger partial charge in [-0.25, -0.2) is 0 Å². The molecule has 0 aliphatic carbocycles. The summed E-state index contributed by atoms with van der Waals surface area (Å²) >= 11 is 1.65. The molecule has 0 aliphatic rings. The molecule has 6 heteroatoms. The van der Waals surface area contributed by atoms with E-state index in [0.717, 1.165) is 22.6 Å². The second-order valence-corrected chi connectivity index (χ2v) is 6.95. The molecule has 1 amide bonds. The Morgan fingerprint density at radius 1 is 1.15 bits per heavy atom. The van der Waals surface area contributed by atoms with Crippen molar-refractivity contribution in [3.05, 3.63) is 65.7 Å². The first-order chi connectivity index (χ1) is 12.6. The Morgan fingerprint density at radius 3 is 2.65 bits per heavy atom. The highest BCUT2D eigenvalue weighted by Crippen LogP contribution is 2.19. The smallest absolute Gasteiger partial charge is 0.306 e. The first-order valence-corrected chi connectivity index (χ1v) is 9.58. The largest absolute Gasteiger partial charge is 0.469 e. The van der Waals surface area contributed by atoms with Crippen LogP contribution in [0.25, 0.3) is 0 Å². The van der Waals surface area contributed by atoms with E-state index in [2.05, 4.69) is 10.1 Å². The van der Waals surface area contributed by atoms with Gasteiger partial charge in [0, 0.05) is 29.7 Å². The van der Waals surface area contributed by atoms with Gasteiger partial charge >= 0.3 is 5.97 Å². The lowest BCUT2D eigenvalue weighted by Gasteiger charge is -2.12. The summed E-state index contributed by atoms with van der Waals surface area (Å²) in [6.45, 7) is 0. The molecule has 0 saturated heterocycles. The minimum Gasteiger partial charge on any atom is -0.469 e. The second kappa shape index (κ2) is 10.6. The Kier molecular flexibility index (Phi) is 8.18. The Labute approximate surface area is 158 Å². The lowest BCUT2D eigenvalue weighted by atomic mass is 10.0. The number of methoxy groups -OCH3 is 1. The lowest BCUT2D eigenvalue weighted by molar-refractivity contribution is -0.140. The third-order valence-corrected chi connectivity index (χ3v) is 4.82. The zero-order valence-corrected chi connectivity index (χ0v) is 15.6. The number of anilines is 1. The van der Waals surface area contributed by atoms with E-state index in [1.54, 1.807) is 11.8 Å². The van der Waals surface area contributed by atoms with Crippen molar-refractivity contribution >= 4 is 29.3 Å². The van der Waals surface area contributed by atoms with Gasteiger partial charge in [0.1, 0.15) is 0 Å². The molecule has 26 heavy (non-hydrogen) atoms. The normalized spacial score (nSPS) is 11.6. The molecule has 3 N–H and O–H groups in total. The van der Waals surface area contributed by atoms with Gasteiger partial charge in [0.25, 0.3) is 0 Å². The summed E-state index contributed by atoms with van der Waals surface area (Å²) in [6.07, 6.45) is 0.622. The molecule has 0 aromatic heterocycles. The van der Waals surface area contributed by atoms with Gasteiger partial charge in [0.2, 0.25) is 5.91 Å². The van der Waals surface area contributed by atoms with E-state index in [4.69, 9.17) is 5.73 Å². The molecular formula is C20H24N2O3S. The number of nitrogens with two attached hydrogens (primary N) is 1. The SMILES string of the molecule is COC(=O)CCSCc1cccc(NC(=O)CC(N)c2ccccc2)c1. The van der Waals surface area contributed by atoms with Crippen LogP contribution in [0.2, 0.25) is 0 Å². The number of hydrogen-bond donors (Lipinski definition) is 2. The molecule has 2 aromatic rings. The van der Waals surface area contributed by atoms with Gasteiger partial charge in [0.05, 0.1) is 13.5 Å². The number of benzene rings is 2. The summed E-state index contributed by atoms with van der Waals surface area (Å²) < 4.78 is 4.62. The van der Waals surface area contributed by atoms with Crippen LogP contribution in [0.15, 0.2) is 54.6 Å². The third-order valence-electron chi connectivity index (χ3n) is 3.79. The van der Waals surface area contributed by atoms with Crippen LogP contribution in [0.1, 0.15) is 30.0 Å². The van der Waals surface area contributed by atoms with Crippen molar-refractivity contribution in [2.45, 2.75) is 24.6 Å². The van der Waals surface area contributed by atoms with Crippen LogP contribution < -0.4 is 11.1 Å². The maximum absolute atomic E-state index is 12.2. The molecule has 1 atom stereocenters. The maximum atomic E-state index is 12.2. The number of thioether (sulfide) groups is 1. The van der Waals surface area contributed by atoms with Gasteiger partial charge in [-0.05, 0) is 23.3 Å². The van der Waals surface area contributed by atoms with Crippen molar-refractivity contribution in [3.63, 3.8) is 0 Å². The quantitative estimate of drug-likeness (QED) is 0.520. The minimum atomic E-state index is -0.326. The van der Waals surface area contributed by atoms with E-state index in [1.807, 2.05) is 54.6 Å². The van der Waals surface area contributed by atoms with Crippen molar-refractivity contribution in [1.29, 1.82) is 0 Å². The van der Waals surface area contributed by atoms with Crippen LogP contribution in [0, 0.1) is 0 Å². The number of carbonyl (C=O) groups excluding carboxylic acids is 2. The average molecular weight is 372 g/mol. The number of rotatable bonds is 9. The van der Waals surface area contributed by atoms with E-state index < -0.39 is 0 Å². The summed E-state index contributed by atoms with van der Waals surface area (Å²) in [7, 11) is 1.39. The highest BCUT2D eigenvalue weighted by molar-refractivity contribution is 7.98. The number of amides is 1. The first kappa shape index (κ1) is 20.0. The van der Waals surface area contributed by atoms with Gasteiger partial charge in [-0.2, -0.15) is 11.8 Å². The molecule has 0 bridgehead atoms. The van der Waals surface area contributed by atoms with Crippen molar-refractivity contribution in [1.82, 2.24) is 0 Å². The van der Waals surface area contributed by atoms with Gasteiger partial charge < -0.3 is 15.8 Å². The van der Waals surface area contributed by atoms with Crippen LogP contribution in [-0.4, -0.2) is 24.7 Å². The molecule has 0 saturated carbocycles. The van der Waals surface area contributed by atoms with Gasteiger partial charge in [-0.15, -0.1) is 0 Å². The van der Waals surface area contributed by atoms with Gasteiger partial charge in [0.15, 0.2) is 0 Å². The predicted molar refractivity (Wildman–Crippen MR) is 106 cm³/mol. The monoisotopic (exact) mass is 372 g/mol. The fraction of sp³-hybridized carbons (Fsp3) is 0.300. The van der Waals surface area contributed by atoms with Crippen molar-refractivity contribution in [2.24, 2.45) is 5.73 Å². The Bertz CT molecular complexity index is 722. The molecule has 5 nitrogen and oxygen atoms in total. The van der Waals surface area contributed by atoms with Crippen LogP contribution in [0.5, 0.6) is 0 Å². The van der Waals surface area contributed by atoms with Crippen molar-refractivity contribution < 1.29 is 14.3 Å². The number of ether oxygens (including phenoxy) is 1. The molecule has 0 heterocycles. The van der Waals surface area contributed by atoms with E-state index in [-0.39, 0.29) is 24.3 Å². The van der Waals surface area contributed by atoms with E-state index in [0.29, 0.717) is 12.2 Å².